The number of halogens is 1. The summed E-state index contributed by atoms with van der Waals surface area (Å²) in [6.07, 6.45) is 3.26. The van der Waals surface area contributed by atoms with Crippen molar-refractivity contribution in [3.05, 3.63) is 94.5 Å². The summed E-state index contributed by atoms with van der Waals surface area (Å²) in [7, 11) is 1.49. The molecular formula is C26H23ClO5. The van der Waals surface area contributed by atoms with Gasteiger partial charge in [-0.1, -0.05) is 66.2 Å². The van der Waals surface area contributed by atoms with Crippen LogP contribution in [-0.4, -0.2) is 18.9 Å². The molecular weight excluding hydrogens is 428 g/mol. The summed E-state index contributed by atoms with van der Waals surface area (Å²) in [5.41, 5.74) is 2.41. The van der Waals surface area contributed by atoms with Crippen LogP contribution in [0, 0.1) is 0 Å². The van der Waals surface area contributed by atoms with Gasteiger partial charge in [0, 0.05) is 18.9 Å². The van der Waals surface area contributed by atoms with Crippen LogP contribution < -0.4 is 14.2 Å². The molecule has 3 rings (SSSR count). The maximum absolute atomic E-state index is 12.6. The third-order valence-electron chi connectivity index (χ3n) is 4.54. The lowest BCUT2D eigenvalue weighted by Gasteiger charge is -2.12. The lowest BCUT2D eigenvalue weighted by Crippen LogP contribution is -2.04. The highest BCUT2D eigenvalue weighted by atomic mass is 35.5. The molecule has 5 nitrogen and oxygen atoms in total. The van der Waals surface area contributed by atoms with Crippen molar-refractivity contribution in [1.82, 2.24) is 0 Å². The summed E-state index contributed by atoms with van der Waals surface area (Å²) in [5.74, 6) is 0.649. The quantitative estimate of drug-likeness (QED) is 0.238. The highest BCUT2D eigenvalue weighted by Crippen LogP contribution is 2.31. The van der Waals surface area contributed by atoms with Crippen LogP contribution in [0.25, 0.3) is 6.08 Å². The number of ketones is 1. The van der Waals surface area contributed by atoms with E-state index in [1.165, 1.54) is 20.1 Å². The lowest BCUT2D eigenvalue weighted by atomic mass is 10.1. The molecule has 0 aliphatic heterocycles. The summed E-state index contributed by atoms with van der Waals surface area (Å²) in [6.45, 7) is 1.67. The van der Waals surface area contributed by atoms with E-state index in [1.54, 1.807) is 36.4 Å². The van der Waals surface area contributed by atoms with Crippen molar-refractivity contribution >= 4 is 29.4 Å². The number of rotatable bonds is 9. The third-order valence-corrected chi connectivity index (χ3v) is 4.84. The largest absolute Gasteiger partial charge is 0.493 e. The minimum absolute atomic E-state index is 0.123. The summed E-state index contributed by atoms with van der Waals surface area (Å²) in [4.78, 5) is 23.9. The summed E-state index contributed by atoms with van der Waals surface area (Å²) in [6, 6.07) is 20.2. The first-order chi connectivity index (χ1) is 15.5. The molecule has 3 aromatic rings. The molecule has 0 atom stereocenters. The maximum atomic E-state index is 12.6. The van der Waals surface area contributed by atoms with Crippen molar-refractivity contribution in [1.29, 1.82) is 0 Å². The van der Waals surface area contributed by atoms with E-state index in [0.717, 1.165) is 5.56 Å². The molecule has 6 heteroatoms. The predicted molar refractivity (Wildman–Crippen MR) is 124 cm³/mol. The van der Waals surface area contributed by atoms with Crippen LogP contribution in [0.5, 0.6) is 17.2 Å². The molecule has 164 valence electrons. The van der Waals surface area contributed by atoms with Crippen molar-refractivity contribution in [2.45, 2.75) is 20.0 Å². The second-order valence-electron chi connectivity index (χ2n) is 6.98. The second-order valence-corrected chi connectivity index (χ2v) is 7.39. The first kappa shape index (κ1) is 23.1. The Morgan fingerprint density at radius 2 is 1.75 bits per heavy atom. The van der Waals surface area contributed by atoms with E-state index in [9.17, 15) is 9.59 Å². The van der Waals surface area contributed by atoms with Crippen LogP contribution >= 0.6 is 11.6 Å². The van der Waals surface area contributed by atoms with Crippen LogP contribution in [0.2, 0.25) is 5.02 Å². The molecule has 0 saturated heterocycles. The Labute approximate surface area is 192 Å². The van der Waals surface area contributed by atoms with Gasteiger partial charge in [0.2, 0.25) is 0 Å². The SMILES string of the molecule is COc1ccc(/C=C/C(=O)Cc2cccc(Cl)c2OCc2ccccc2)cc1OC(C)=O. The number of allylic oxidation sites excluding steroid dienone is 1. The number of methoxy groups -OCH3 is 1. The fourth-order valence-electron chi connectivity index (χ4n) is 3.05. The number of hydrogen-bond acceptors (Lipinski definition) is 5. The van der Waals surface area contributed by atoms with Gasteiger partial charge < -0.3 is 14.2 Å². The molecule has 32 heavy (non-hydrogen) atoms. The minimum Gasteiger partial charge on any atom is -0.493 e. The number of ether oxygens (including phenoxy) is 3. The summed E-state index contributed by atoms with van der Waals surface area (Å²) < 4.78 is 16.3. The zero-order valence-corrected chi connectivity index (χ0v) is 18.6. The highest BCUT2D eigenvalue weighted by molar-refractivity contribution is 6.32. The van der Waals surface area contributed by atoms with Gasteiger partial charge in [0.25, 0.3) is 0 Å². The van der Waals surface area contributed by atoms with E-state index in [-0.39, 0.29) is 12.2 Å². The van der Waals surface area contributed by atoms with E-state index in [1.807, 2.05) is 36.4 Å². The Hall–Kier alpha value is -3.57. The van der Waals surface area contributed by atoms with Gasteiger partial charge in [-0.3, -0.25) is 9.59 Å². The molecule has 0 bridgehead atoms. The first-order valence-corrected chi connectivity index (χ1v) is 10.4. The first-order valence-electron chi connectivity index (χ1n) is 9.97. The fraction of sp³-hybridized carbons (Fsp3) is 0.154. The Morgan fingerprint density at radius 1 is 0.969 bits per heavy atom. The molecule has 0 spiro atoms. The van der Waals surface area contributed by atoms with Gasteiger partial charge in [-0.15, -0.1) is 0 Å². The van der Waals surface area contributed by atoms with Crippen molar-refractivity contribution in [2.75, 3.05) is 7.11 Å². The molecule has 0 aromatic heterocycles. The topological polar surface area (TPSA) is 61.8 Å². The zero-order valence-electron chi connectivity index (χ0n) is 17.8. The average Bonchev–Trinajstić information content (AvgIpc) is 2.78. The smallest absolute Gasteiger partial charge is 0.308 e. The van der Waals surface area contributed by atoms with Crippen LogP contribution in [0.4, 0.5) is 0 Å². The van der Waals surface area contributed by atoms with Crippen molar-refractivity contribution in [2.24, 2.45) is 0 Å². The molecule has 0 radical (unpaired) electrons. The number of hydrogen-bond donors (Lipinski definition) is 0. The molecule has 0 aliphatic rings. The molecule has 0 amide bonds. The third kappa shape index (κ3) is 6.46. The lowest BCUT2D eigenvalue weighted by molar-refractivity contribution is -0.132. The number of carbonyl (C=O) groups is 2. The number of carbonyl (C=O) groups excluding carboxylic acids is 2. The number of para-hydroxylation sites is 1. The normalized spacial score (nSPS) is 10.7. The Morgan fingerprint density at radius 3 is 2.47 bits per heavy atom. The monoisotopic (exact) mass is 450 g/mol. The standard InChI is InChI=1S/C26H23ClO5/c1-18(28)32-25-15-19(12-14-24(25)30-2)11-13-22(29)16-21-9-6-10-23(27)26(21)31-17-20-7-4-3-5-8-20/h3-15H,16-17H2,1-2H3/b13-11+. The van der Waals surface area contributed by atoms with Gasteiger partial charge >= 0.3 is 5.97 Å². The van der Waals surface area contributed by atoms with Crippen molar-refractivity contribution < 1.29 is 23.8 Å². The van der Waals surface area contributed by atoms with E-state index in [0.29, 0.717) is 40.0 Å². The Balaban J connectivity index is 1.71. The highest BCUT2D eigenvalue weighted by Gasteiger charge is 2.12. The molecule has 0 aliphatic carbocycles. The van der Waals surface area contributed by atoms with Crippen LogP contribution in [-0.2, 0) is 22.6 Å². The predicted octanol–water partition coefficient (Wildman–Crippen LogP) is 5.68. The molecule has 3 aromatic carbocycles. The maximum Gasteiger partial charge on any atom is 0.308 e. The van der Waals surface area contributed by atoms with Gasteiger partial charge in [-0.05, 0) is 35.4 Å². The molecule has 0 unspecified atom stereocenters. The van der Waals surface area contributed by atoms with Crippen LogP contribution in [0.1, 0.15) is 23.6 Å². The van der Waals surface area contributed by atoms with E-state index in [2.05, 4.69) is 0 Å². The van der Waals surface area contributed by atoms with Gasteiger partial charge in [0.05, 0.1) is 12.1 Å². The van der Waals surface area contributed by atoms with Crippen LogP contribution in [0.15, 0.2) is 72.8 Å². The van der Waals surface area contributed by atoms with Gasteiger partial charge in [0.1, 0.15) is 12.4 Å². The summed E-state index contributed by atoms with van der Waals surface area (Å²) >= 11 is 6.33. The van der Waals surface area contributed by atoms with Gasteiger partial charge in [-0.25, -0.2) is 0 Å². The van der Waals surface area contributed by atoms with Crippen molar-refractivity contribution in [3.63, 3.8) is 0 Å². The minimum atomic E-state index is -0.454. The van der Waals surface area contributed by atoms with Gasteiger partial charge in [-0.2, -0.15) is 0 Å². The number of benzene rings is 3. The Bertz CT molecular complexity index is 1120. The van der Waals surface area contributed by atoms with E-state index < -0.39 is 5.97 Å². The summed E-state index contributed by atoms with van der Waals surface area (Å²) in [5, 5.41) is 0.455. The Kier molecular flexibility index (Phi) is 8.06. The van der Waals surface area contributed by atoms with E-state index >= 15 is 0 Å². The molecule has 0 fully saturated rings. The average molecular weight is 451 g/mol. The fourth-order valence-corrected chi connectivity index (χ4v) is 3.30. The van der Waals surface area contributed by atoms with Crippen LogP contribution in [0.3, 0.4) is 0 Å². The second kappa shape index (κ2) is 11.2. The van der Waals surface area contributed by atoms with Crippen molar-refractivity contribution in [3.8, 4) is 17.2 Å². The zero-order chi connectivity index (χ0) is 22.9. The van der Waals surface area contributed by atoms with E-state index in [4.69, 9.17) is 25.8 Å². The van der Waals surface area contributed by atoms with Gasteiger partial charge in [0.15, 0.2) is 17.3 Å². The molecule has 0 N–H and O–H groups in total. The molecule has 0 saturated carbocycles. The number of esters is 1. The molecule has 0 heterocycles.